The van der Waals surface area contributed by atoms with E-state index in [9.17, 15) is 14.9 Å². The fourth-order valence-corrected chi connectivity index (χ4v) is 2.50. The first-order valence-corrected chi connectivity index (χ1v) is 8.37. The number of nitro groups is 1. The predicted octanol–water partition coefficient (Wildman–Crippen LogP) is 1.95. The van der Waals surface area contributed by atoms with Crippen LogP contribution < -0.4 is 10.6 Å². The monoisotopic (exact) mass is 335 g/mol. The Labute approximate surface area is 141 Å². The molecule has 0 aromatic carbocycles. The summed E-state index contributed by atoms with van der Waals surface area (Å²) in [6, 6.07) is 1.34. The third-order valence-corrected chi connectivity index (χ3v) is 3.89. The molecule has 1 aromatic rings. The van der Waals surface area contributed by atoms with Crippen LogP contribution in [-0.4, -0.2) is 40.9 Å². The maximum absolute atomic E-state index is 12.4. The lowest BCUT2D eigenvalue weighted by Gasteiger charge is -2.15. The SMILES string of the molecule is CC(C)CCn1cc([N+](=O)[O-])cc1C(=O)NCCC1=NCCCN1. The molecule has 0 saturated heterocycles. The van der Waals surface area contributed by atoms with Crippen molar-refractivity contribution < 1.29 is 9.72 Å². The van der Waals surface area contributed by atoms with Gasteiger partial charge < -0.3 is 15.2 Å². The van der Waals surface area contributed by atoms with Gasteiger partial charge in [0.05, 0.1) is 17.0 Å². The van der Waals surface area contributed by atoms with Crippen LogP contribution in [0.1, 0.15) is 43.6 Å². The highest BCUT2D eigenvalue weighted by Crippen LogP contribution is 2.18. The third-order valence-electron chi connectivity index (χ3n) is 3.89. The highest BCUT2D eigenvalue weighted by Gasteiger charge is 2.19. The fourth-order valence-electron chi connectivity index (χ4n) is 2.50. The van der Waals surface area contributed by atoms with Gasteiger partial charge in [0.15, 0.2) is 0 Å². The fraction of sp³-hybridized carbons (Fsp3) is 0.625. The molecule has 0 radical (unpaired) electrons. The molecule has 0 fully saturated rings. The van der Waals surface area contributed by atoms with E-state index in [4.69, 9.17) is 0 Å². The van der Waals surface area contributed by atoms with Gasteiger partial charge in [-0.3, -0.25) is 19.9 Å². The number of hydrogen-bond donors (Lipinski definition) is 2. The van der Waals surface area contributed by atoms with Crippen LogP contribution in [0.5, 0.6) is 0 Å². The van der Waals surface area contributed by atoms with Gasteiger partial charge in [0, 0.05) is 38.7 Å². The van der Waals surface area contributed by atoms with Crippen LogP contribution in [0.2, 0.25) is 0 Å². The predicted molar refractivity (Wildman–Crippen MR) is 92.4 cm³/mol. The number of nitrogens with one attached hydrogen (secondary N) is 2. The maximum Gasteiger partial charge on any atom is 0.287 e. The van der Waals surface area contributed by atoms with E-state index in [0.717, 1.165) is 31.8 Å². The van der Waals surface area contributed by atoms with Crippen molar-refractivity contribution in [3.05, 3.63) is 28.1 Å². The smallest absolute Gasteiger partial charge is 0.287 e. The number of hydrogen-bond acceptors (Lipinski definition) is 5. The Kier molecular flexibility index (Phi) is 6.34. The zero-order valence-electron chi connectivity index (χ0n) is 14.2. The summed E-state index contributed by atoms with van der Waals surface area (Å²) in [4.78, 5) is 27.2. The lowest BCUT2D eigenvalue weighted by Crippen LogP contribution is -2.34. The Balaban J connectivity index is 1.98. The molecule has 1 aliphatic heterocycles. The molecule has 2 heterocycles. The molecule has 0 saturated carbocycles. The summed E-state index contributed by atoms with van der Waals surface area (Å²) in [7, 11) is 0. The minimum absolute atomic E-state index is 0.0535. The third kappa shape index (κ3) is 5.07. The van der Waals surface area contributed by atoms with E-state index >= 15 is 0 Å². The minimum Gasteiger partial charge on any atom is -0.374 e. The second-order valence-corrected chi connectivity index (χ2v) is 6.33. The molecule has 8 heteroatoms. The summed E-state index contributed by atoms with van der Waals surface area (Å²) in [5.41, 5.74) is 0.281. The Morgan fingerprint density at radius 1 is 1.54 bits per heavy atom. The molecule has 1 aliphatic rings. The molecule has 1 amide bonds. The van der Waals surface area contributed by atoms with E-state index in [1.54, 1.807) is 4.57 Å². The van der Waals surface area contributed by atoms with Crippen molar-refractivity contribution in [2.75, 3.05) is 19.6 Å². The second-order valence-electron chi connectivity index (χ2n) is 6.33. The quantitative estimate of drug-likeness (QED) is 0.560. The Hall–Kier alpha value is -2.38. The summed E-state index contributed by atoms with van der Waals surface area (Å²) in [5.74, 6) is 1.07. The number of carbonyl (C=O) groups excluding carboxylic acids is 1. The number of aliphatic imine (C=N–C) groups is 1. The molecular weight excluding hydrogens is 310 g/mol. The van der Waals surface area contributed by atoms with Crippen LogP contribution in [0.15, 0.2) is 17.3 Å². The van der Waals surface area contributed by atoms with Crippen LogP contribution in [0.4, 0.5) is 5.69 Å². The van der Waals surface area contributed by atoms with Gasteiger partial charge in [-0.15, -0.1) is 0 Å². The molecule has 0 spiro atoms. The van der Waals surface area contributed by atoms with E-state index < -0.39 is 4.92 Å². The number of aryl methyl sites for hydroxylation is 1. The van der Waals surface area contributed by atoms with Crippen molar-refractivity contribution in [2.24, 2.45) is 10.9 Å². The van der Waals surface area contributed by atoms with Gasteiger partial charge in [-0.2, -0.15) is 0 Å². The highest BCUT2D eigenvalue weighted by molar-refractivity contribution is 5.94. The van der Waals surface area contributed by atoms with Crippen molar-refractivity contribution in [3.8, 4) is 0 Å². The van der Waals surface area contributed by atoms with E-state index in [0.29, 0.717) is 31.1 Å². The van der Waals surface area contributed by atoms with Gasteiger partial charge in [0.25, 0.3) is 11.6 Å². The molecule has 1 aromatic heterocycles. The van der Waals surface area contributed by atoms with Crippen molar-refractivity contribution >= 4 is 17.4 Å². The van der Waals surface area contributed by atoms with Crippen LogP contribution in [0, 0.1) is 16.0 Å². The van der Waals surface area contributed by atoms with Gasteiger partial charge in [0.1, 0.15) is 5.69 Å². The van der Waals surface area contributed by atoms with Crippen LogP contribution >= 0.6 is 0 Å². The number of amidine groups is 1. The molecule has 8 nitrogen and oxygen atoms in total. The van der Waals surface area contributed by atoms with Gasteiger partial charge in [-0.1, -0.05) is 13.8 Å². The lowest BCUT2D eigenvalue weighted by molar-refractivity contribution is -0.384. The molecule has 0 atom stereocenters. The molecule has 0 aliphatic carbocycles. The van der Waals surface area contributed by atoms with E-state index in [1.165, 1.54) is 12.3 Å². The summed E-state index contributed by atoms with van der Waals surface area (Å²) in [6.07, 6.45) is 3.96. The molecule has 2 rings (SSSR count). The number of nitrogens with zero attached hydrogens (tertiary/aromatic N) is 3. The van der Waals surface area contributed by atoms with Crippen molar-refractivity contribution in [2.45, 2.75) is 39.7 Å². The summed E-state index contributed by atoms with van der Waals surface area (Å²) >= 11 is 0. The van der Waals surface area contributed by atoms with Gasteiger partial charge in [-0.05, 0) is 18.8 Å². The maximum atomic E-state index is 12.4. The van der Waals surface area contributed by atoms with E-state index in [-0.39, 0.29) is 11.6 Å². The average Bonchev–Trinajstić information content (AvgIpc) is 2.98. The number of carbonyl (C=O) groups is 1. The first kappa shape index (κ1) is 18.0. The zero-order valence-corrected chi connectivity index (χ0v) is 14.2. The van der Waals surface area contributed by atoms with Crippen molar-refractivity contribution in [1.82, 2.24) is 15.2 Å². The van der Waals surface area contributed by atoms with Gasteiger partial charge in [0.2, 0.25) is 0 Å². The number of aromatic nitrogens is 1. The molecule has 132 valence electrons. The van der Waals surface area contributed by atoms with Crippen LogP contribution in [0.25, 0.3) is 0 Å². The summed E-state index contributed by atoms with van der Waals surface area (Å²) < 4.78 is 1.67. The van der Waals surface area contributed by atoms with Gasteiger partial charge >= 0.3 is 0 Å². The average molecular weight is 335 g/mol. The van der Waals surface area contributed by atoms with Crippen molar-refractivity contribution in [1.29, 1.82) is 0 Å². The lowest BCUT2D eigenvalue weighted by atomic mass is 10.1. The normalized spacial score (nSPS) is 14.2. The highest BCUT2D eigenvalue weighted by atomic mass is 16.6. The Morgan fingerprint density at radius 2 is 2.33 bits per heavy atom. The van der Waals surface area contributed by atoms with E-state index in [2.05, 4.69) is 29.5 Å². The summed E-state index contributed by atoms with van der Waals surface area (Å²) in [6.45, 7) is 6.93. The number of rotatable bonds is 8. The first-order chi connectivity index (χ1) is 11.5. The van der Waals surface area contributed by atoms with Crippen molar-refractivity contribution in [3.63, 3.8) is 0 Å². The largest absolute Gasteiger partial charge is 0.374 e. The Bertz CT molecular complexity index is 621. The Morgan fingerprint density at radius 3 is 2.96 bits per heavy atom. The molecular formula is C16H25N5O3. The first-order valence-electron chi connectivity index (χ1n) is 8.37. The minimum atomic E-state index is -0.469. The molecule has 0 unspecified atom stereocenters. The molecule has 0 bridgehead atoms. The van der Waals surface area contributed by atoms with Crippen LogP contribution in [0.3, 0.4) is 0 Å². The topological polar surface area (TPSA) is 102 Å². The molecule has 2 N–H and O–H groups in total. The van der Waals surface area contributed by atoms with Gasteiger partial charge in [-0.25, -0.2) is 0 Å². The summed E-state index contributed by atoms with van der Waals surface area (Å²) in [5, 5.41) is 17.0. The second kappa shape index (κ2) is 8.47. The van der Waals surface area contributed by atoms with E-state index in [1.807, 2.05) is 0 Å². The van der Waals surface area contributed by atoms with Crippen LogP contribution in [-0.2, 0) is 6.54 Å². The molecule has 24 heavy (non-hydrogen) atoms. The number of amides is 1. The zero-order chi connectivity index (χ0) is 17.5. The standard InChI is InChI=1S/C16H25N5O3/c1-12(2)5-9-20-11-13(21(23)24)10-14(20)16(22)19-8-4-15-17-6-3-7-18-15/h10-12H,3-9H2,1-2H3,(H,17,18)(H,19,22).